The molecule has 1 unspecified atom stereocenters. The zero-order chi connectivity index (χ0) is 10.1. The van der Waals surface area contributed by atoms with Crippen molar-refractivity contribution in [2.75, 3.05) is 11.9 Å². The maximum absolute atomic E-state index is 5.87. The van der Waals surface area contributed by atoms with Crippen molar-refractivity contribution in [1.82, 2.24) is 0 Å². The molecule has 0 fully saturated rings. The fourth-order valence-corrected chi connectivity index (χ4v) is 2.14. The molecule has 0 bridgehead atoms. The van der Waals surface area contributed by atoms with Gasteiger partial charge in [0.2, 0.25) is 0 Å². The van der Waals surface area contributed by atoms with E-state index in [0.29, 0.717) is 6.10 Å². The van der Waals surface area contributed by atoms with Gasteiger partial charge >= 0.3 is 0 Å². The molecule has 0 aliphatic heterocycles. The van der Waals surface area contributed by atoms with Crippen LogP contribution >= 0.6 is 15.9 Å². The Kier molecular flexibility index (Phi) is 7.42. The molecular formula is C12H21BrO. The first-order valence-electron chi connectivity index (χ1n) is 5.76. The van der Waals surface area contributed by atoms with E-state index in [1.54, 1.807) is 0 Å². The highest BCUT2D eigenvalue weighted by Gasteiger charge is 2.08. The molecule has 1 aliphatic rings. The molecule has 1 rings (SSSR count). The van der Waals surface area contributed by atoms with Crippen LogP contribution < -0.4 is 0 Å². The van der Waals surface area contributed by atoms with E-state index in [4.69, 9.17) is 4.74 Å². The summed E-state index contributed by atoms with van der Waals surface area (Å²) in [6.07, 6.45) is 13.7. The van der Waals surface area contributed by atoms with Crippen LogP contribution in [0.3, 0.4) is 0 Å². The minimum atomic E-state index is 0.523. The molecule has 0 heterocycles. The molecule has 0 aromatic heterocycles. The molecule has 82 valence electrons. The molecule has 0 aromatic rings. The Morgan fingerprint density at radius 2 is 2.00 bits per heavy atom. The summed E-state index contributed by atoms with van der Waals surface area (Å²) in [5.74, 6) is 0. The number of rotatable bonds is 5. The number of hydrogen-bond acceptors (Lipinski definition) is 1. The summed E-state index contributed by atoms with van der Waals surface area (Å²) in [4.78, 5) is 0. The predicted molar refractivity (Wildman–Crippen MR) is 65.0 cm³/mol. The molecule has 0 aromatic carbocycles. The van der Waals surface area contributed by atoms with E-state index in [1.165, 1.54) is 44.9 Å². The molecule has 0 saturated heterocycles. The molecular weight excluding hydrogens is 240 g/mol. The van der Waals surface area contributed by atoms with Gasteiger partial charge in [0.25, 0.3) is 0 Å². The lowest BCUT2D eigenvalue weighted by atomic mass is 10.0. The first kappa shape index (κ1) is 12.3. The largest absolute Gasteiger partial charge is 0.378 e. The van der Waals surface area contributed by atoms with E-state index in [1.807, 2.05) is 0 Å². The first-order valence-corrected chi connectivity index (χ1v) is 6.88. The van der Waals surface area contributed by atoms with Crippen molar-refractivity contribution in [2.45, 2.75) is 51.0 Å². The number of allylic oxidation sites excluding steroid dienone is 2. The second kappa shape index (κ2) is 8.49. The summed E-state index contributed by atoms with van der Waals surface area (Å²) in [5.41, 5.74) is 0. The highest BCUT2D eigenvalue weighted by Crippen LogP contribution is 2.15. The lowest BCUT2D eigenvalue weighted by Gasteiger charge is -2.18. The van der Waals surface area contributed by atoms with Gasteiger partial charge in [0, 0.05) is 11.9 Å². The molecule has 14 heavy (non-hydrogen) atoms. The zero-order valence-corrected chi connectivity index (χ0v) is 10.5. The number of alkyl halides is 1. The number of halogens is 1. The molecule has 2 heteroatoms. The van der Waals surface area contributed by atoms with Crippen LogP contribution in [0.5, 0.6) is 0 Å². The fourth-order valence-electron chi connectivity index (χ4n) is 1.74. The van der Waals surface area contributed by atoms with Gasteiger partial charge in [0.1, 0.15) is 0 Å². The first-order chi connectivity index (χ1) is 6.93. The van der Waals surface area contributed by atoms with Crippen LogP contribution in [-0.2, 0) is 4.74 Å². The van der Waals surface area contributed by atoms with Gasteiger partial charge in [0.05, 0.1) is 6.10 Å². The van der Waals surface area contributed by atoms with Gasteiger partial charge in [-0.25, -0.2) is 0 Å². The molecule has 0 spiro atoms. The van der Waals surface area contributed by atoms with E-state index < -0.39 is 0 Å². The second-order valence-corrected chi connectivity index (χ2v) is 4.66. The number of ether oxygens (including phenoxy) is 1. The summed E-state index contributed by atoms with van der Waals surface area (Å²) >= 11 is 3.43. The SMILES string of the molecule is BrCCCCOC1CCC=CCCC1. The van der Waals surface area contributed by atoms with Gasteiger partial charge in [-0.3, -0.25) is 0 Å². The highest BCUT2D eigenvalue weighted by molar-refractivity contribution is 9.09. The lowest BCUT2D eigenvalue weighted by Crippen LogP contribution is -2.14. The Labute approximate surface area is 96.0 Å². The van der Waals surface area contributed by atoms with E-state index >= 15 is 0 Å². The van der Waals surface area contributed by atoms with Crippen LogP contribution in [0, 0.1) is 0 Å². The van der Waals surface area contributed by atoms with Crippen LogP contribution in [0.25, 0.3) is 0 Å². The Balaban J connectivity index is 2.06. The van der Waals surface area contributed by atoms with Crippen LogP contribution in [0.4, 0.5) is 0 Å². The van der Waals surface area contributed by atoms with Crippen LogP contribution in [0.15, 0.2) is 12.2 Å². The number of hydrogen-bond donors (Lipinski definition) is 0. The second-order valence-electron chi connectivity index (χ2n) is 3.87. The normalized spacial score (nSPS) is 23.1. The Bertz CT molecular complexity index is 156. The fraction of sp³-hybridized carbons (Fsp3) is 0.833. The van der Waals surface area contributed by atoms with Crippen molar-refractivity contribution >= 4 is 15.9 Å². The minimum Gasteiger partial charge on any atom is -0.378 e. The van der Waals surface area contributed by atoms with Crippen LogP contribution in [-0.4, -0.2) is 18.0 Å². The topological polar surface area (TPSA) is 9.23 Å². The molecule has 1 atom stereocenters. The van der Waals surface area contributed by atoms with Gasteiger partial charge in [-0.1, -0.05) is 28.1 Å². The van der Waals surface area contributed by atoms with Gasteiger partial charge < -0.3 is 4.74 Å². The van der Waals surface area contributed by atoms with Crippen LogP contribution in [0.2, 0.25) is 0 Å². The Hall–Kier alpha value is 0.180. The van der Waals surface area contributed by atoms with Gasteiger partial charge in [-0.15, -0.1) is 0 Å². The van der Waals surface area contributed by atoms with Crippen LogP contribution in [0.1, 0.15) is 44.9 Å². The summed E-state index contributed by atoms with van der Waals surface area (Å²) in [5, 5.41) is 1.10. The zero-order valence-electron chi connectivity index (χ0n) is 8.88. The predicted octanol–water partition coefficient (Wildman–Crippen LogP) is 4.07. The Morgan fingerprint density at radius 3 is 2.86 bits per heavy atom. The molecule has 0 N–H and O–H groups in total. The minimum absolute atomic E-state index is 0.523. The van der Waals surface area contributed by atoms with Crippen molar-refractivity contribution < 1.29 is 4.74 Å². The maximum Gasteiger partial charge on any atom is 0.0578 e. The van der Waals surface area contributed by atoms with Crippen molar-refractivity contribution in [3.05, 3.63) is 12.2 Å². The van der Waals surface area contributed by atoms with Gasteiger partial charge in [0.15, 0.2) is 0 Å². The molecule has 0 radical (unpaired) electrons. The summed E-state index contributed by atoms with van der Waals surface area (Å²) in [6, 6.07) is 0. The van der Waals surface area contributed by atoms with Crippen molar-refractivity contribution in [2.24, 2.45) is 0 Å². The number of unbranched alkanes of at least 4 members (excludes halogenated alkanes) is 1. The van der Waals surface area contributed by atoms with Gasteiger partial charge in [-0.05, 0) is 44.9 Å². The maximum atomic E-state index is 5.87. The third kappa shape index (κ3) is 5.82. The van der Waals surface area contributed by atoms with Crippen molar-refractivity contribution in [3.8, 4) is 0 Å². The van der Waals surface area contributed by atoms with E-state index in [-0.39, 0.29) is 0 Å². The van der Waals surface area contributed by atoms with E-state index in [9.17, 15) is 0 Å². The third-order valence-corrected chi connectivity index (χ3v) is 3.16. The average Bonchev–Trinajstić information content (AvgIpc) is 2.15. The standard InChI is InChI=1S/C12H21BrO/c13-10-6-7-11-14-12-8-4-2-1-3-5-9-12/h1-2,12H,3-11H2. The summed E-state index contributed by atoms with van der Waals surface area (Å²) in [7, 11) is 0. The monoisotopic (exact) mass is 260 g/mol. The average molecular weight is 261 g/mol. The molecule has 0 amide bonds. The smallest absolute Gasteiger partial charge is 0.0578 e. The van der Waals surface area contributed by atoms with Crippen molar-refractivity contribution in [3.63, 3.8) is 0 Å². The van der Waals surface area contributed by atoms with Crippen molar-refractivity contribution in [1.29, 1.82) is 0 Å². The molecule has 1 nitrogen and oxygen atoms in total. The van der Waals surface area contributed by atoms with Gasteiger partial charge in [-0.2, -0.15) is 0 Å². The lowest BCUT2D eigenvalue weighted by molar-refractivity contribution is 0.0389. The quantitative estimate of drug-likeness (QED) is 0.412. The molecule has 1 aliphatic carbocycles. The van der Waals surface area contributed by atoms with E-state index in [2.05, 4.69) is 28.1 Å². The third-order valence-electron chi connectivity index (χ3n) is 2.60. The van der Waals surface area contributed by atoms with E-state index in [0.717, 1.165) is 11.9 Å². The molecule has 0 saturated carbocycles. The Morgan fingerprint density at radius 1 is 1.14 bits per heavy atom. The summed E-state index contributed by atoms with van der Waals surface area (Å²) in [6.45, 7) is 0.944. The highest BCUT2D eigenvalue weighted by atomic mass is 79.9. The summed E-state index contributed by atoms with van der Waals surface area (Å²) < 4.78 is 5.87.